The molecule has 0 radical (unpaired) electrons. The molecule has 1 aliphatic rings. The first-order valence-corrected chi connectivity index (χ1v) is 11.3. The molecule has 0 atom stereocenters. The molecule has 1 aliphatic heterocycles. The standard InChI is InChI=1S/C25H28FN7/c1-17(2)31-12-14-32(15-13-31)25-28-22(19-10-6-7-11-20(19)26)21-23(27)33(30-24(21)29-25)16-18-8-4-3-5-9-18/h3-11,17H,12-16,27H2,1-2H3. The summed E-state index contributed by atoms with van der Waals surface area (Å²) in [6.07, 6.45) is 0. The van der Waals surface area contributed by atoms with Gasteiger partial charge in [-0.3, -0.25) is 4.90 Å². The molecule has 2 N–H and O–H groups in total. The third kappa shape index (κ3) is 4.14. The van der Waals surface area contributed by atoms with Crippen LogP contribution in [0.1, 0.15) is 19.4 Å². The maximum atomic E-state index is 14.9. The second-order valence-corrected chi connectivity index (χ2v) is 8.70. The van der Waals surface area contributed by atoms with Crippen molar-refractivity contribution >= 4 is 22.8 Å². The molecule has 2 aromatic carbocycles. The fraction of sp³-hybridized carbons (Fsp3) is 0.320. The first-order valence-electron chi connectivity index (χ1n) is 11.3. The molecule has 0 amide bonds. The van der Waals surface area contributed by atoms with Gasteiger partial charge in [-0.25, -0.2) is 14.1 Å². The zero-order chi connectivity index (χ0) is 22.9. The third-order valence-corrected chi connectivity index (χ3v) is 6.26. The minimum Gasteiger partial charge on any atom is -0.383 e. The molecule has 170 valence electrons. The van der Waals surface area contributed by atoms with Gasteiger partial charge in [0, 0.05) is 37.8 Å². The van der Waals surface area contributed by atoms with Gasteiger partial charge in [-0.1, -0.05) is 42.5 Å². The lowest BCUT2D eigenvalue weighted by Gasteiger charge is -2.36. The Labute approximate surface area is 192 Å². The second kappa shape index (κ2) is 8.78. The first-order chi connectivity index (χ1) is 16.0. The van der Waals surface area contributed by atoms with Crippen LogP contribution in [0.5, 0.6) is 0 Å². The Balaban J connectivity index is 1.61. The Hall–Kier alpha value is -3.52. The van der Waals surface area contributed by atoms with E-state index in [1.54, 1.807) is 22.9 Å². The lowest BCUT2D eigenvalue weighted by Crippen LogP contribution is -2.49. The van der Waals surface area contributed by atoms with Crippen LogP contribution in [0.25, 0.3) is 22.3 Å². The molecule has 1 saturated heterocycles. The van der Waals surface area contributed by atoms with Crippen LogP contribution in [-0.2, 0) is 6.54 Å². The van der Waals surface area contributed by atoms with Crippen molar-refractivity contribution in [1.82, 2.24) is 24.6 Å². The van der Waals surface area contributed by atoms with E-state index in [-0.39, 0.29) is 5.82 Å². The van der Waals surface area contributed by atoms with Crippen LogP contribution >= 0.6 is 0 Å². The largest absolute Gasteiger partial charge is 0.383 e. The maximum absolute atomic E-state index is 14.9. The molecule has 7 nitrogen and oxygen atoms in total. The van der Waals surface area contributed by atoms with Crippen molar-refractivity contribution in [2.45, 2.75) is 26.4 Å². The zero-order valence-electron chi connectivity index (χ0n) is 18.9. The van der Waals surface area contributed by atoms with Gasteiger partial charge in [0.1, 0.15) is 11.6 Å². The van der Waals surface area contributed by atoms with E-state index in [2.05, 4.69) is 23.6 Å². The van der Waals surface area contributed by atoms with E-state index >= 15 is 0 Å². The molecule has 33 heavy (non-hydrogen) atoms. The lowest BCUT2D eigenvalue weighted by atomic mass is 10.1. The maximum Gasteiger partial charge on any atom is 0.228 e. The van der Waals surface area contributed by atoms with Crippen molar-refractivity contribution < 1.29 is 4.39 Å². The van der Waals surface area contributed by atoms with Crippen molar-refractivity contribution in [1.29, 1.82) is 0 Å². The van der Waals surface area contributed by atoms with Gasteiger partial charge in [0.2, 0.25) is 5.95 Å². The van der Waals surface area contributed by atoms with Crippen LogP contribution < -0.4 is 10.6 Å². The van der Waals surface area contributed by atoms with E-state index in [1.807, 2.05) is 30.3 Å². The summed E-state index contributed by atoms with van der Waals surface area (Å²) in [5.74, 6) is 0.653. The van der Waals surface area contributed by atoms with Crippen LogP contribution in [0.4, 0.5) is 16.2 Å². The molecule has 0 saturated carbocycles. The van der Waals surface area contributed by atoms with Crippen molar-refractivity contribution in [3.63, 3.8) is 0 Å². The normalized spacial score (nSPS) is 15.0. The minimum atomic E-state index is -0.344. The number of aromatic nitrogens is 4. The molecule has 5 rings (SSSR count). The lowest BCUT2D eigenvalue weighted by molar-refractivity contribution is 0.208. The number of nitrogens with zero attached hydrogens (tertiary/aromatic N) is 6. The van der Waals surface area contributed by atoms with E-state index in [9.17, 15) is 4.39 Å². The summed E-state index contributed by atoms with van der Waals surface area (Å²) >= 11 is 0. The Morgan fingerprint density at radius 1 is 0.939 bits per heavy atom. The summed E-state index contributed by atoms with van der Waals surface area (Å²) in [6, 6.07) is 17.1. The third-order valence-electron chi connectivity index (χ3n) is 6.26. The molecular formula is C25H28FN7. The number of nitrogen functional groups attached to an aromatic ring is 1. The number of nitrogens with two attached hydrogens (primary N) is 1. The quantitative estimate of drug-likeness (QED) is 0.504. The molecule has 8 heteroatoms. The number of rotatable bonds is 5. The van der Waals surface area contributed by atoms with E-state index in [0.29, 0.717) is 46.6 Å². The van der Waals surface area contributed by atoms with E-state index in [1.165, 1.54) is 6.07 Å². The number of halogens is 1. The van der Waals surface area contributed by atoms with Crippen molar-refractivity contribution in [2.24, 2.45) is 0 Å². The molecule has 0 unspecified atom stereocenters. The smallest absolute Gasteiger partial charge is 0.228 e. The SMILES string of the molecule is CC(C)N1CCN(c2nc(-c3ccccc3F)c3c(N)n(Cc4ccccc4)nc3n2)CC1. The molecule has 0 spiro atoms. The Morgan fingerprint density at radius 2 is 1.64 bits per heavy atom. The molecule has 4 aromatic rings. The van der Waals surface area contributed by atoms with Gasteiger partial charge in [-0.15, -0.1) is 5.10 Å². The number of anilines is 2. The van der Waals surface area contributed by atoms with Crippen molar-refractivity contribution in [3.8, 4) is 11.3 Å². The minimum absolute atomic E-state index is 0.344. The number of hydrogen-bond donors (Lipinski definition) is 1. The Bertz CT molecular complexity index is 1260. The molecule has 3 heterocycles. The Kier molecular flexibility index (Phi) is 5.68. The van der Waals surface area contributed by atoms with Crippen LogP contribution in [-0.4, -0.2) is 56.9 Å². The molecule has 1 fully saturated rings. The fourth-order valence-corrected chi connectivity index (χ4v) is 4.35. The highest BCUT2D eigenvalue weighted by molar-refractivity contribution is 5.99. The van der Waals surface area contributed by atoms with Gasteiger partial charge in [0.05, 0.1) is 17.6 Å². The van der Waals surface area contributed by atoms with Gasteiger partial charge in [0.15, 0.2) is 5.65 Å². The molecule has 2 aromatic heterocycles. The highest BCUT2D eigenvalue weighted by Crippen LogP contribution is 2.34. The highest BCUT2D eigenvalue weighted by atomic mass is 19.1. The van der Waals surface area contributed by atoms with E-state index < -0.39 is 0 Å². The number of fused-ring (bicyclic) bond motifs is 1. The fourth-order valence-electron chi connectivity index (χ4n) is 4.35. The second-order valence-electron chi connectivity index (χ2n) is 8.70. The first kappa shape index (κ1) is 21.3. The summed E-state index contributed by atoms with van der Waals surface area (Å²) in [5.41, 5.74) is 8.97. The highest BCUT2D eigenvalue weighted by Gasteiger charge is 2.25. The summed E-state index contributed by atoms with van der Waals surface area (Å²) in [6.45, 7) is 8.38. The van der Waals surface area contributed by atoms with E-state index in [4.69, 9.17) is 20.8 Å². The van der Waals surface area contributed by atoms with Crippen LogP contribution in [0, 0.1) is 5.82 Å². The van der Waals surface area contributed by atoms with Gasteiger partial charge in [-0.2, -0.15) is 4.98 Å². The average Bonchev–Trinajstić information content (AvgIpc) is 3.14. The van der Waals surface area contributed by atoms with E-state index in [0.717, 1.165) is 31.7 Å². The van der Waals surface area contributed by atoms with Gasteiger partial charge < -0.3 is 10.6 Å². The van der Waals surface area contributed by atoms with Crippen LogP contribution in [0.2, 0.25) is 0 Å². The summed E-state index contributed by atoms with van der Waals surface area (Å²) in [4.78, 5) is 14.2. The monoisotopic (exact) mass is 445 g/mol. The number of hydrogen-bond acceptors (Lipinski definition) is 6. The predicted octanol–water partition coefficient (Wildman–Crippen LogP) is 3.79. The average molecular weight is 446 g/mol. The topological polar surface area (TPSA) is 76.1 Å². The summed E-state index contributed by atoms with van der Waals surface area (Å²) in [7, 11) is 0. The Morgan fingerprint density at radius 3 is 2.33 bits per heavy atom. The molecule has 0 aliphatic carbocycles. The van der Waals surface area contributed by atoms with Crippen LogP contribution in [0.3, 0.4) is 0 Å². The number of piperazine rings is 1. The predicted molar refractivity (Wildman–Crippen MR) is 130 cm³/mol. The zero-order valence-corrected chi connectivity index (χ0v) is 18.9. The number of benzene rings is 2. The summed E-state index contributed by atoms with van der Waals surface area (Å²) < 4.78 is 16.6. The van der Waals surface area contributed by atoms with Crippen LogP contribution in [0.15, 0.2) is 54.6 Å². The van der Waals surface area contributed by atoms with Gasteiger partial charge in [-0.05, 0) is 31.5 Å². The van der Waals surface area contributed by atoms with Crippen molar-refractivity contribution in [3.05, 3.63) is 66.0 Å². The van der Waals surface area contributed by atoms with Gasteiger partial charge >= 0.3 is 0 Å². The summed E-state index contributed by atoms with van der Waals surface area (Å²) in [5, 5.41) is 5.29. The molecular weight excluding hydrogens is 417 g/mol. The van der Waals surface area contributed by atoms with Gasteiger partial charge in [0.25, 0.3) is 0 Å². The molecule has 0 bridgehead atoms. The van der Waals surface area contributed by atoms with Crippen molar-refractivity contribution in [2.75, 3.05) is 36.8 Å².